The van der Waals surface area contributed by atoms with Crippen molar-refractivity contribution in [1.82, 2.24) is 9.88 Å². The zero-order valence-electron chi connectivity index (χ0n) is 7.87. The predicted molar refractivity (Wildman–Crippen MR) is 49.6 cm³/mol. The highest BCUT2D eigenvalue weighted by Crippen LogP contribution is 2.07. The highest BCUT2D eigenvalue weighted by atomic mass is 16.3. The first-order chi connectivity index (χ1) is 6.16. The average molecular weight is 182 g/mol. The second-order valence-corrected chi connectivity index (χ2v) is 2.94. The fourth-order valence-corrected chi connectivity index (χ4v) is 1.25. The Morgan fingerprint density at radius 1 is 1.69 bits per heavy atom. The Kier molecular flexibility index (Phi) is 3.08. The van der Waals surface area contributed by atoms with E-state index in [2.05, 4.69) is 5.32 Å². The molecule has 0 fully saturated rings. The van der Waals surface area contributed by atoms with E-state index in [4.69, 9.17) is 5.11 Å². The highest BCUT2D eigenvalue weighted by molar-refractivity contribution is 5.94. The molecule has 0 spiro atoms. The Morgan fingerprint density at radius 3 is 2.85 bits per heavy atom. The molecule has 72 valence electrons. The summed E-state index contributed by atoms with van der Waals surface area (Å²) in [5, 5.41) is 11.1. The van der Waals surface area contributed by atoms with Gasteiger partial charge >= 0.3 is 0 Å². The molecule has 0 saturated carbocycles. The molecule has 13 heavy (non-hydrogen) atoms. The third-order valence-corrected chi connectivity index (χ3v) is 1.89. The highest BCUT2D eigenvalue weighted by Gasteiger charge is 2.11. The van der Waals surface area contributed by atoms with E-state index in [1.54, 1.807) is 4.57 Å². The van der Waals surface area contributed by atoms with E-state index in [0.29, 0.717) is 12.2 Å². The van der Waals surface area contributed by atoms with E-state index in [-0.39, 0.29) is 12.5 Å². The predicted octanol–water partition coefficient (Wildman–Crippen LogP) is 0.0556. The lowest BCUT2D eigenvalue weighted by Gasteiger charge is -2.05. The molecule has 0 bridgehead atoms. The van der Waals surface area contributed by atoms with E-state index >= 15 is 0 Å². The van der Waals surface area contributed by atoms with Crippen LogP contribution in [0.3, 0.4) is 0 Å². The zero-order valence-corrected chi connectivity index (χ0v) is 7.87. The third kappa shape index (κ3) is 2.09. The molecule has 0 unspecified atom stereocenters. The van der Waals surface area contributed by atoms with Crippen LogP contribution in [0.25, 0.3) is 0 Å². The lowest BCUT2D eigenvalue weighted by Crippen LogP contribution is -2.28. The molecule has 0 aliphatic carbocycles. The molecule has 0 saturated heterocycles. The first-order valence-corrected chi connectivity index (χ1v) is 4.17. The van der Waals surface area contributed by atoms with Gasteiger partial charge < -0.3 is 15.0 Å². The average Bonchev–Trinajstić information content (AvgIpc) is 2.42. The topological polar surface area (TPSA) is 54.3 Å². The number of nitrogens with zero attached hydrogens (tertiary/aromatic N) is 1. The molecule has 1 aromatic rings. The van der Waals surface area contributed by atoms with Crippen molar-refractivity contribution >= 4 is 5.91 Å². The maximum absolute atomic E-state index is 11.5. The number of nitrogens with one attached hydrogen (secondary N) is 1. The second-order valence-electron chi connectivity index (χ2n) is 2.94. The van der Waals surface area contributed by atoms with Crippen molar-refractivity contribution in [3.8, 4) is 0 Å². The van der Waals surface area contributed by atoms with Gasteiger partial charge in [0.25, 0.3) is 5.91 Å². The molecule has 0 aliphatic heterocycles. The summed E-state index contributed by atoms with van der Waals surface area (Å²) in [6.45, 7) is 2.15. The molecule has 4 nitrogen and oxygen atoms in total. The molecule has 0 radical (unpaired) electrons. The number of aliphatic hydroxyl groups is 1. The van der Waals surface area contributed by atoms with Crippen molar-refractivity contribution in [1.29, 1.82) is 0 Å². The van der Waals surface area contributed by atoms with Gasteiger partial charge in [-0.25, -0.2) is 0 Å². The van der Waals surface area contributed by atoms with Crippen LogP contribution in [0.5, 0.6) is 0 Å². The van der Waals surface area contributed by atoms with Gasteiger partial charge in [-0.1, -0.05) is 0 Å². The molecule has 1 amide bonds. The lowest BCUT2D eigenvalue weighted by atomic mass is 10.2. The van der Waals surface area contributed by atoms with Crippen molar-refractivity contribution in [2.24, 2.45) is 7.05 Å². The van der Waals surface area contributed by atoms with Crippen molar-refractivity contribution in [2.75, 3.05) is 13.2 Å². The number of rotatable bonds is 3. The fourth-order valence-electron chi connectivity index (χ4n) is 1.25. The van der Waals surface area contributed by atoms with E-state index < -0.39 is 0 Å². The summed E-state index contributed by atoms with van der Waals surface area (Å²) >= 11 is 0. The summed E-state index contributed by atoms with van der Waals surface area (Å²) < 4.78 is 1.77. The van der Waals surface area contributed by atoms with E-state index in [1.165, 1.54) is 0 Å². The van der Waals surface area contributed by atoms with E-state index in [1.807, 2.05) is 26.2 Å². The molecule has 0 atom stereocenters. The first-order valence-electron chi connectivity index (χ1n) is 4.17. The van der Waals surface area contributed by atoms with Gasteiger partial charge in [0, 0.05) is 19.8 Å². The van der Waals surface area contributed by atoms with Gasteiger partial charge in [0.05, 0.1) is 6.61 Å². The number of carbonyl (C=O) groups excluding carboxylic acids is 1. The Labute approximate surface area is 77.2 Å². The van der Waals surface area contributed by atoms with Crippen LogP contribution >= 0.6 is 0 Å². The van der Waals surface area contributed by atoms with Crippen LogP contribution in [-0.2, 0) is 7.05 Å². The van der Waals surface area contributed by atoms with Gasteiger partial charge in [-0.15, -0.1) is 0 Å². The van der Waals surface area contributed by atoms with Gasteiger partial charge in [0.1, 0.15) is 5.69 Å². The van der Waals surface area contributed by atoms with Gasteiger partial charge in [0.15, 0.2) is 0 Å². The molecule has 4 heteroatoms. The number of amides is 1. The molecule has 0 aliphatic rings. The summed E-state index contributed by atoms with van der Waals surface area (Å²) in [7, 11) is 1.82. The number of aryl methyl sites for hydroxylation is 2. The van der Waals surface area contributed by atoms with Crippen LogP contribution < -0.4 is 5.32 Å². The largest absolute Gasteiger partial charge is 0.395 e. The quantitative estimate of drug-likeness (QED) is 0.694. The van der Waals surface area contributed by atoms with Gasteiger partial charge in [0.2, 0.25) is 0 Å². The maximum atomic E-state index is 11.5. The summed E-state index contributed by atoms with van der Waals surface area (Å²) in [4.78, 5) is 11.5. The van der Waals surface area contributed by atoms with Gasteiger partial charge in [-0.3, -0.25) is 4.79 Å². The molecule has 1 heterocycles. The standard InChI is InChI=1S/C9H14N2O2/c1-7-3-5-11(2)8(7)9(13)10-4-6-12/h3,5,12H,4,6H2,1-2H3,(H,10,13). The van der Waals surface area contributed by atoms with E-state index in [0.717, 1.165) is 5.56 Å². The maximum Gasteiger partial charge on any atom is 0.268 e. The lowest BCUT2D eigenvalue weighted by molar-refractivity contribution is 0.0936. The molecule has 1 rings (SSSR count). The molecular weight excluding hydrogens is 168 g/mol. The summed E-state index contributed by atoms with van der Waals surface area (Å²) in [5.41, 5.74) is 1.59. The van der Waals surface area contributed by atoms with Crippen LogP contribution in [0.15, 0.2) is 12.3 Å². The smallest absolute Gasteiger partial charge is 0.268 e. The van der Waals surface area contributed by atoms with Crippen LogP contribution in [0.2, 0.25) is 0 Å². The van der Waals surface area contributed by atoms with Crippen molar-refractivity contribution in [2.45, 2.75) is 6.92 Å². The Balaban J connectivity index is 2.76. The minimum Gasteiger partial charge on any atom is -0.395 e. The van der Waals surface area contributed by atoms with Crippen molar-refractivity contribution in [3.63, 3.8) is 0 Å². The summed E-state index contributed by atoms with van der Waals surface area (Å²) in [6, 6.07) is 1.88. The first kappa shape index (κ1) is 9.80. The number of carbonyl (C=O) groups is 1. The SMILES string of the molecule is Cc1ccn(C)c1C(=O)NCCO. The second kappa shape index (κ2) is 4.09. The Hall–Kier alpha value is -1.29. The van der Waals surface area contributed by atoms with Gasteiger partial charge in [-0.05, 0) is 18.6 Å². The van der Waals surface area contributed by atoms with Crippen LogP contribution in [0, 0.1) is 6.92 Å². The molecule has 2 N–H and O–H groups in total. The van der Waals surface area contributed by atoms with Crippen molar-refractivity contribution in [3.05, 3.63) is 23.5 Å². The number of aliphatic hydroxyl groups excluding tert-OH is 1. The van der Waals surface area contributed by atoms with Crippen LogP contribution in [0.4, 0.5) is 0 Å². The molecule has 1 aromatic heterocycles. The minimum atomic E-state index is -0.140. The molecular formula is C9H14N2O2. The van der Waals surface area contributed by atoms with E-state index in [9.17, 15) is 4.79 Å². The van der Waals surface area contributed by atoms with Crippen LogP contribution in [0.1, 0.15) is 16.1 Å². The third-order valence-electron chi connectivity index (χ3n) is 1.89. The Morgan fingerprint density at radius 2 is 2.38 bits per heavy atom. The number of hydrogen-bond donors (Lipinski definition) is 2. The zero-order chi connectivity index (χ0) is 9.84. The number of aromatic nitrogens is 1. The Bertz CT molecular complexity index is 285. The summed E-state index contributed by atoms with van der Waals surface area (Å²) in [6.07, 6.45) is 1.84. The van der Waals surface area contributed by atoms with Gasteiger partial charge in [-0.2, -0.15) is 0 Å². The number of hydrogen-bond acceptors (Lipinski definition) is 2. The fraction of sp³-hybridized carbons (Fsp3) is 0.444. The monoisotopic (exact) mass is 182 g/mol. The summed E-state index contributed by atoms with van der Waals surface area (Å²) in [5.74, 6) is -0.140. The van der Waals surface area contributed by atoms with Crippen molar-refractivity contribution < 1.29 is 9.90 Å². The minimum absolute atomic E-state index is 0.0325. The van der Waals surface area contributed by atoms with Crippen LogP contribution in [-0.4, -0.2) is 28.7 Å². The normalized spacial score (nSPS) is 10.1. The molecule has 0 aromatic carbocycles.